The number of amides is 5. The number of piperazine rings is 1. The quantitative estimate of drug-likeness (QED) is 0.0807. The maximum atomic E-state index is 12.7. The van der Waals surface area contributed by atoms with Crippen LogP contribution in [0.25, 0.3) is 10.4 Å². The van der Waals surface area contributed by atoms with Gasteiger partial charge in [0.1, 0.15) is 12.1 Å². The van der Waals surface area contributed by atoms with Gasteiger partial charge in [0, 0.05) is 55.3 Å². The number of hydrogen-bond donors (Lipinski definition) is 6. The highest BCUT2D eigenvalue weighted by Crippen LogP contribution is 2.15. The molecular formula is C24H32N8O9. The van der Waals surface area contributed by atoms with Crippen LogP contribution in [0.1, 0.15) is 42.5 Å². The van der Waals surface area contributed by atoms with E-state index in [1.54, 1.807) is 34.1 Å². The molecular weight excluding hydrogens is 544 g/mol. The van der Waals surface area contributed by atoms with Crippen molar-refractivity contribution in [2.45, 2.75) is 44.2 Å². The molecule has 1 aromatic carbocycles. The summed E-state index contributed by atoms with van der Waals surface area (Å²) in [4.78, 5) is 76.4. The van der Waals surface area contributed by atoms with Gasteiger partial charge in [0.15, 0.2) is 0 Å². The number of rotatable bonds is 14. The van der Waals surface area contributed by atoms with Crippen LogP contribution < -0.4 is 16.0 Å². The largest absolute Gasteiger partial charge is 0.481 e. The molecule has 1 fully saturated rings. The molecule has 1 saturated heterocycles. The van der Waals surface area contributed by atoms with Gasteiger partial charge in [0.05, 0.1) is 0 Å². The molecule has 0 bridgehead atoms. The van der Waals surface area contributed by atoms with E-state index in [-0.39, 0.29) is 31.3 Å². The van der Waals surface area contributed by atoms with Gasteiger partial charge in [-0.25, -0.2) is 19.2 Å². The highest BCUT2D eigenvalue weighted by atomic mass is 16.4. The van der Waals surface area contributed by atoms with Gasteiger partial charge in [-0.05, 0) is 43.3 Å². The van der Waals surface area contributed by atoms with Crippen LogP contribution in [0.15, 0.2) is 29.4 Å². The molecule has 0 aromatic heterocycles. The van der Waals surface area contributed by atoms with E-state index in [2.05, 4.69) is 26.0 Å². The molecule has 6 N–H and O–H groups in total. The minimum Gasteiger partial charge on any atom is -0.481 e. The Bertz CT molecular complexity index is 1160. The lowest BCUT2D eigenvalue weighted by Crippen LogP contribution is -2.53. The fourth-order valence-corrected chi connectivity index (χ4v) is 3.94. The molecule has 1 aromatic rings. The van der Waals surface area contributed by atoms with E-state index in [1.807, 2.05) is 0 Å². The molecule has 1 aliphatic rings. The Morgan fingerprint density at radius 1 is 0.854 bits per heavy atom. The van der Waals surface area contributed by atoms with Gasteiger partial charge >= 0.3 is 30.0 Å². The maximum absolute atomic E-state index is 12.7. The van der Waals surface area contributed by atoms with E-state index < -0.39 is 42.4 Å². The number of benzene rings is 1. The molecule has 2 rings (SSSR count). The Kier molecular flexibility index (Phi) is 12.7. The van der Waals surface area contributed by atoms with Crippen molar-refractivity contribution in [3.05, 3.63) is 40.3 Å². The molecule has 0 radical (unpaired) electrons. The number of hydrogen-bond acceptors (Lipinski definition) is 7. The van der Waals surface area contributed by atoms with Gasteiger partial charge in [-0.3, -0.25) is 9.59 Å². The average molecular weight is 577 g/mol. The predicted molar refractivity (Wildman–Crippen MR) is 141 cm³/mol. The lowest BCUT2D eigenvalue weighted by Gasteiger charge is -2.34. The summed E-state index contributed by atoms with van der Waals surface area (Å²) in [5, 5.41) is 37.6. The topological polar surface area (TPSA) is 254 Å². The number of carboxylic acids is 3. The molecule has 0 unspecified atom stereocenters. The molecule has 41 heavy (non-hydrogen) atoms. The molecule has 0 spiro atoms. The number of nitrogens with zero attached hydrogens (tertiary/aromatic N) is 5. The van der Waals surface area contributed by atoms with Crippen LogP contribution in [-0.4, -0.2) is 106 Å². The number of aliphatic carboxylic acids is 3. The van der Waals surface area contributed by atoms with Crippen LogP contribution >= 0.6 is 0 Å². The minimum absolute atomic E-state index is 0.0100. The van der Waals surface area contributed by atoms with Gasteiger partial charge in [0.25, 0.3) is 5.91 Å². The Morgan fingerprint density at radius 3 is 1.95 bits per heavy atom. The van der Waals surface area contributed by atoms with E-state index in [0.717, 1.165) is 0 Å². The fraction of sp³-hybridized carbons (Fsp3) is 0.500. The van der Waals surface area contributed by atoms with Crippen LogP contribution in [0.5, 0.6) is 0 Å². The molecule has 222 valence electrons. The molecule has 2 atom stereocenters. The lowest BCUT2D eigenvalue weighted by atomic mass is 10.1. The van der Waals surface area contributed by atoms with Crippen molar-refractivity contribution in [3.63, 3.8) is 0 Å². The molecule has 1 aliphatic heterocycles. The zero-order valence-corrected chi connectivity index (χ0v) is 22.1. The second-order valence-electron chi connectivity index (χ2n) is 9.08. The Morgan fingerprint density at radius 2 is 1.41 bits per heavy atom. The number of unbranched alkanes of at least 4 members (excludes halogenated alkanes) is 1. The van der Waals surface area contributed by atoms with Crippen molar-refractivity contribution >= 4 is 41.6 Å². The first-order valence-corrected chi connectivity index (χ1v) is 12.7. The van der Waals surface area contributed by atoms with Crippen molar-refractivity contribution < 1.29 is 44.1 Å². The summed E-state index contributed by atoms with van der Waals surface area (Å²) in [6.45, 7) is 1.54. The summed E-state index contributed by atoms with van der Waals surface area (Å²) < 4.78 is 0. The average Bonchev–Trinajstić information content (AvgIpc) is 2.94. The summed E-state index contributed by atoms with van der Waals surface area (Å²) in [5.74, 6) is -4.22. The van der Waals surface area contributed by atoms with E-state index in [1.165, 1.54) is 0 Å². The molecule has 1 heterocycles. The molecule has 5 amide bonds. The zero-order valence-electron chi connectivity index (χ0n) is 22.1. The van der Waals surface area contributed by atoms with Crippen LogP contribution in [-0.2, 0) is 14.4 Å². The molecule has 0 saturated carbocycles. The van der Waals surface area contributed by atoms with Gasteiger partial charge in [-0.15, -0.1) is 0 Å². The van der Waals surface area contributed by atoms with Crippen molar-refractivity contribution in [1.82, 2.24) is 25.8 Å². The van der Waals surface area contributed by atoms with Crippen molar-refractivity contribution in [2.75, 3.05) is 32.7 Å². The van der Waals surface area contributed by atoms with Crippen LogP contribution in [0, 0.1) is 0 Å². The van der Waals surface area contributed by atoms with Gasteiger partial charge in [0.2, 0.25) is 0 Å². The number of carboxylic acid groups (broad SMARTS) is 3. The second kappa shape index (κ2) is 16.1. The van der Waals surface area contributed by atoms with Gasteiger partial charge in [-0.2, -0.15) is 0 Å². The van der Waals surface area contributed by atoms with Crippen molar-refractivity contribution in [2.24, 2.45) is 5.11 Å². The van der Waals surface area contributed by atoms with Crippen LogP contribution in [0.4, 0.5) is 15.3 Å². The normalized spacial score (nSPS) is 14.1. The first-order chi connectivity index (χ1) is 19.5. The Balaban J connectivity index is 1.70. The smallest absolute Gasteiger partial charge is 0.326 e. The summed E-state index contributed by atoms with van der Waals surface area (Å²) in [6.07, 6.45) is -0.126. The number of carbonyl (C=O) groups excluding carboxylic acids is 3. The first-order valence-electron chi connectivity index (χ1n) is 12.7. The van der Waals surface area contributed by atoms with E-state index in [9.17, 15) is 33.9 Å². The van der Waals surface area contributed by atoms with Gasteiger partial charge in [-0.1, -0.05) is 17.2 Å². The number of azide groups is 1. The highest BCUT2D eigenvalue weighted by Gasteiger charge is 2.26. The van der Waals surface area contributed by atoms with Crippen LogP contribution in [0.3, 0.4) is 0 Å². The second-order valence-corrected chi connectivity index (χ2v) is 9.08. The Hall–Kier alpha value is -5.05. The fourth-order valence-electron chi connectivity index (χ4n) is 3.94. The maximum Gasteiger partial charge on any atom is 0.326 e. The number of carbonyl (C=O) groups is 6. The highest BCUT2D eigenvalue weighted by molar-refractivity contribution is 5.94. The Labute approximate surface area is 234 Å². The lowest BCUT2D eigenvalue weighted by molar-refractivity contribution is -0.140. The molecule has 17 heteroatoms. The minimum atomic E-state index is -1.49. The third-order valence-corrected chi connectivity index (χ3v) is 6.18. The predicted octanol–water partition coefficient (Wildman–Crippen LogP) is 1.34. The van der Waals surface area contributed by atoms with Crippen molar-refractivity contribution in [3.8, 4) is 0 Å². The monoisotopic (exact) mass is 576 g/mol. The number of urea groups is 2. The van der Waals surface area contributed by atoms with E-state index >= 15 is 0 Å². The van der Waals surface area contributed by atoms with Crippen molar-refractivity contribution in [1.29, 1.82) is 0 Å². The van der Waals surface area contributed by atoms with E-state index in [4.69, 9.17) is 15.7 Å². The standard InChI is InChI=1S/C24H32N8O9/c25-30-29-16-6-4-15(5-7-16)20(35)31-11-13-32(14-12-31)24(41)26-10-2-1-3-17(21(36)37)27-23(40)28-18(22(38)39)8-9-19(33)34/h4-7,17-18H,1-3,8-14H2,(H,26,41)(H,33,34)(H,36,37)(H,38,39)(H2,27,28,40)/t17-,18-/m0/s1. The zero-order chi connectivity index (χ0) is 30.4. The molecule has 0 aliphatic carbocycles. The SMILES string of the molecule is [N-]=[N+]=Nc1ccc(C(=O)N2CCN(C(=O)NCCCC[C@H](NC(=O)N[C@@H](CCC(=O)O)C(=O)O)C(=O)O)CC2)cc1. The summed E-state index contributed by atoms with van der Waals surface area (Å²) in [5.41, 5.74) is 9.30. The number of nitrogens with one attached hydrogen (secondary N) is 3. The third kappa shape index (κ3) is 10.9. The van der Waals surface area contributed by atoms with Gasteiger partial charge < -0.3 is 41.1 Å². The van der Waals surface area contributed by atoms with E-state index in [0.29, 0.717) is 50.3 Å². The summed E-state index contributed by atoms with van der Waals surface area (Å²) in [7, 11) is 0. The first kappa shape index (κ1) is 32.2. The van der Waals surface area contributed by atoms with Crippen LogP contribution in [0.2, 0.25) is 0 Å². The molecule has 17 nitrogen and oxygen atoms in total. The summed E-state index contributed by atoms with van der Waals surface area (Å²) >= 11 is 0. The third-order valence-electron chi connectivity index (χ3n) is 6.18. The summed E-state index contributed by atoms with van der Waals surface area (Å²) in [6, 6.07) is 2.03.